The first-order valence-corrected chi connectivity index (χ1v) is 9.44. The molecule has 6 heteroatoms. The van der Waals surface area contributed by atoms with E-state index in [0.29, 0.717) is 5.69 Å². The standard InChI is InChI=1S/C21H20N2O3S/c1-14-8-9-15(2)18(11-14)23-20(24)13-27-17-6-3-5-16(12-17)22-21(25)19-7-4-10-26-19/h3-12H,13H2,1-2H3,(H,22,25)(H,23,24). The van der Waals surface area contributed by atoms with Crippen LogP contribution >= 0.6 is 11.8 Å². The molecule has 2 N–H and O–H groups in total. The number of hydrogen-bond donors (Lipinski definition) is 2. The summed E-state index contributed by atoms with van der Waals surface area (Å²) in [7, 11) is 0. The number of benzene rings is 2. The molecule has 0 radical (unpaired) electrons. The lowest BCUT2D eigenvalue weighted by atomic mass is 10.1. The lowest BCUT2D eigenvalue weighted by molar-refractivity contribution is -0.113. The third kappa shape index (κ3) is 5.24. The van der Waals surface area contributed by atoms with Gasteiger partial charge in [0.05, 0.1) is 12.0 Å². The van der Waals surface area contributed by atoms with Crippen molar-refractivity contribution in [3.63, 3.8) is 0 Å². The van der Waals surface area contributed by atoms with Gasteiger partial charge in [0.15, 0.2) is 5.76 Å². The number of carbonyl (C=O) groups excluding carboxylic acids is 2. The Morgan fingerprint density at radius 1 is 1.00 bits per heavy atom. The fraction of sp³-hybridized carbons (Fsp3) is 0.143. The summed E-state index contributed by atoms with van der Waals surface area (Å²) in [6.45, 7) is 3.96. The molecule has 0 unspecified atom stereocenters. The van der Waals surface area contributed by atoms with Gasteiger partial charge < -0.3 is 15.1 Å². The number of carbonyl (C=O) groups is 2. The largest absolute Gasteiger partial charge is 0.459 e. The molecular weight excluding hydrogens is 360 g/mol. The molecule has 2 aromatic carbocycles. The summed E-state index contributed by atoms with van der Waals surface area (Å²) in [6.07, 6.45) is 1.45. The highest BCUT2D eigenvalue weighted by Gasteiger charge is 2.10. The van der Waals surface area contributed by atoms with Crippen LogP contribution in [0.1, 0.15) is 21.7 Å². The Morgan fingerprint density at radius 3 is 2.63 bits per heavy atom. The smallest absolute Gasteiger partial charge is 0.291 e. The monoisotopic (exact) mass is 380 g/mol. The molecular formula is C21H20N2O3S. The summed E-state index contributed by atoms with van der Waals surface area (Å²) in [5, 5.41) is 5.72. The number of thioether (sulfide) groups is 1. The average Bonchev–Trinajstić information content (AvgIpc) is 3.18. The van der Waals surface area contributed by atoms with Crippen LogP contribution in [0, 0.1) is 13.8 Å². The molecule has 3 rings (SSSR count). The van der Waals surface area contributed by atoms with Crippen LogP contribution in [-0.4, -0.2) is 17.6 Å². The molecule has 0 aliphatic carbocycles. The number of anilines is 2. The number of furan rings is 1. The molecule has 27 heavy (non-hydrogen) atoms. The molecule has 0 spiro atoms. The highest BCUT2D eigenvalue weighted by atomic mass is 32.2. The van der Waals surface area contributed by atoms with E-state index in [1.165, 1.54) is 18.0 Å². The van der Waals surface area contributed by atoms with Gasteiger partial charge in [-0.2, -0.15) is 0 Å². The molecule has 1 aromatic heterocycles. The number of nitrogens with one attached hydrogen (secondary N) is 2. The van der Waals surface area contributed by atoms with Crippen molar-refractivity contribution in [3.05, 3.63) is 77.7 Å². The van der Waals surface area contributed by atoms with E-state index in [1.54, 1.807) is 18.2 Å². The van der Waals surface area contributed by atoms with Crippen LogP contribution in [0.4, 0.5) is 11.4 Å². The minimum Gasteiger partial charge on any atom is -0.459 e. The van der Waals surface area contributed by atoms with Gasteiger partial charge in [0.1, 0.15) is 0 Å². The first-order chi connectivity index (χ1) is 13.0. The lowest BCUT2D eigenvalue weighted by Crippen LogP contribution is -2.15. The summed E-state index contributed by atoms with van der Waals surface area (Å²) >= 11 is 1.41. The van der Waals surface area contributed by atoms with E-state index in [0.717, 1.165) is 21.7 Å². The molecule has 0 atom stereocenters. The Morgan fingerprint density at radius 2 is 1.85 bits per heavy atom. The maximum atomic E-state index is 12.3. The Hall–Kier alpha value is -2.99. The summed E-state index contributed by atoms with van der Waals surface area (Å²) in [5.74, 6) is 0.151. The second kappa shape index (κ2) is 8.60. The second-order valence-electron chi connectivity index (χ2n) is 6.11. The molecule has 138 valence electrons. The summed E-state index contributed by atoms with van der Waals surface area (Å²) in [5.41, 5.74) is 3.61. The van der Waals surface area contributed by atoms with Gasteiger partial charge >= 0.3 is 0 Å². The molecule has 5 nitrogen and oxygen atoms in total. The zero-order chi connectivity index (χ0) is 19.2. The van der Waals surface area contributed by atoms with Crippen molar-refractivity contribution in [3.8, 4) is 0 Å². The van der Waals surface area contributed by atoms with E-state index in [4.69, 9.17) is 4.42 Å². The van der Waals surface area contributed by atoms with Crippen LogP contribution in [0.5, 0.6) is 0 Å². The molecule has 0 aliphatic rings. The predicted octanol–water partition coefficient (Wildman–Crippen LogP) is 4.88. The molecule has 0 saturated heterocycles. The zero-order valence-corrected chi connectivity index (χ0v) is 15.9. The predicted molar refractivity (Wildman–Crippen MR) is 108 cm³/mol. The van der Waals surface area contributed by atoms with Crippen molar-refractivity contribution in [2.45, 2.75) is 18.7 Å². The number of hydrogen-bond acceptors (Lipinski definition) is 4. The Bertz CT molecular complexity index is 952. The quantitative estimate of drug-likeness (QED) is 0.598. The Balaban J connectivity index is 1.57. The summed E-state index contributed by atoms with van der Waals surface area (Å²) in [4.78, 5) is 25.2. The molecule has 1 heterocycles. The van der Waals surface area contributed by atoms with Gasteiger partial charge in [-0.3, -0.25) is 9.59 Å². The molecule has 0 aliphatic heterocycles. The lowest BCUT2D eigenvalue weighted by Gasteiger charge is -2.10. The molecule has 0 bridgehead atoms. The first kappa shape index (κ1) is 18.8. The van der Waals surface area contributed by atoms with Gasteiger partial charge in [0.2, 0.25) is 5.91 Å². The van der Waals surface area contributed by atoms with Crippen LogP contribution in [-0.2, 0) is 4.79 Å². The third-order valence-electron chi connectivity index (χ3n) is 3.87. The summed E-state index contributed by atoms with van der Waals surface area (Å²) < 4.78 is 5.08. The van der Waals surface area contributed by atoms with E-state index in [-0.39, 0.29) is 23.3 Å². The van der Waals surface area contributed by atoms with Crippen LogP contribution < -0.4 is 10.6 Å². The maximum Gasteiger partial charge on any atom is 0.291 e. The molecule has 0 fully saturated rings. The van der Waals surface area contributed by atoms with E-state index < -0.39 is 0 Å². The molecule has 3 aromatic rings. The third-order valence-corrected chi connectivity index (χ3v) is 4.87. The van der Waals surface area contributed by atoms with Crippen molar-refractivity contribution in [2.24, 2.45) is 0 Å². The maximum absolute atomic E-state index is 12.3. The second-order valence-corrected chi connectivity index (χ2v) is 7.16. The van der Waals surface area contributed by atoms with E-state index >= 15 is 0 Å². The van der Waals surface area contributed by atoms with Crippen molar-refractivity contribution in [1.29, 1.82) is 0 Å². The van der Waals surface area contributed by atoms with Crippen LogP contribution in [0.15, 0.2) is 70.2 Å². The summed E-state index contributed by atoms with van der Waals surface area (Å²) in [6, 6.07) is 16.6. The van der Waals surface area contributed by atoms with Crippen molar-refractivity contribution in [2.75, 3.05) is 16.4 Å². The van der Waals surface area contributed by atoms with E-state index in [2.05, 4.69) is 10.6 Å². The van der Waals surface area contributed by atoms with Gasteiger partial charge in [0.25, 0.3) is 5.91 Å². The first-order valence-electron chi connectivity index (χ1n) is 8.46. The Kier molecular flexibility index (Phi) is 5.98. The Labute approximate surface area is 162 Å². The highest BCUT2D eigenvalue weighted by Crippen LogP contribution is 2.23. The zero-order valence-electron chi connectivity index (χ0n) is 15.1. The number of aryl methyl sites for hydroxylation is 2. The average molecular weight is 380 g/mol. The molecule has 0 saturated carbocycles. The normalized spacial score (nSPS) is 10.4. The van der Waals surface area contributed by atoms with Crippen molar-refractivity contribution in [1.82, 2.24) is 0 Å². The van der Waals surface area contributed by atoms with Crippen molar-refractivity contribution >= 4 is 35.0 Å². The van der Waals surface area contributed by atoms with Crippen LogP contribution in [0.2, 0.25) is 0 Å². The van der Waals surface area contributed by atoms with Gasteiger partial charge in [0, 0.05) is 16.3 Å². The number of amides is 2. The fourth-order valence-corrected chi connectivity index (χ4v) is 3.22. The number of rotatable bonds is 6. The van der Waals surface area contributed by atoms with Crippen molar-refractivity contribution < 1.29 is 14.0 Å². The molecule has 2 amide bonds. The fourth-order valence-electron chi connectivity index (χ4n) is 2.47. The van der Waals surface area contributed by atoms with Crippen LogP contribution in [0.3, 0.4) is 0 Å². The van der Waals surface area contributed by atoms with Gasteiger partial charge in [-0.15, -0.1) is 11.8 Å². The SMILES string of the molecule is Cc1ccc(C)c(NC(=O)CSc2cccc(NC(=O)c3ccco3)c2)c1. The van der Waals surface area contributed by atoms with E-state index in [9.17, 15) is 9.59 Å². The minimum absolute atomic E-state index is 0.0706. The van der Waals surface area contributed by atoms with Crippen LogP contribution in [0.25, 0.3) is 0 Å². The topological polar surface area (TPSA) is 71.3 Å². The highest BCUT2D eigenvalue weighted by molar-refractivity contribution is 8.00. The van der Waals surface area contributed by atoms with Gasteiger partial charge in [-0.1, -0.05) is 18.2 Å². The van der Waals surface area contributed by atoms with Gasteiger partial charge in [-0.25, -0.2) is 0 Å². The van der Waals surface area contributed by atoms with Gasteiger partial charge in [-0.05, 0) is 61.4 Å². The van der Waals surface area contributed by atoms with E-state index in [1.807, 2.05) is 50.2 Å². The minimum atomic E-state index is -0.310.